The Kier molecular flexibility index (Phi) is 5.70. The van der Waals surface area contributed by atoms with Crippen LogP contribution in [0.1, 0.15) is 18.4 Å². The number of aldehydes is 1. The van der Waals surface area contributed by atoms with Gasteiger partial charge >= 0.3 is 6.09 Å². The Labute approximate surface area is 94.6 Å². The minimum atomic E-state index is -0.449. The van der Waals surface area contributed by atoms with Crippen molar-refractivity contribution in [1.82, 2.24) is 5.32 Å². The Morgan fingerprint density at radius 2 is 2.06 bits per heavy atom. The van der Waals surface area contributed by atoms with Crippen molar-refractivity contribution in [2.24, 2.45) is 0 Å². The van der Waals surface area contributed by atoms with Crippen LogP contribution in [0.5, 0.6) is 0 Å². The van der Waals surface area contributed by atoms with Gasteiger partial charge in [0.15, 0.2) is 0 Å². The number of carbonyl (C=O) groups is 2. The summed E-state index contributed by atoms with van der Waals surface area (Å²) in [6, 6.07) is 9.46. The van der Waals surface area contributed by atoms with Crippen molar-refractivity contribution in [3.05, 3.63) is 35.9 Å². The summed E-state index contributed by atoms with van der Waals surface area (Å²) in [4.78, 5) is 21.2. The number of unbranched alkanes of at least 4 members (excludes halogenated alkanes) is 1. The summed E-state index contributed by atoms with van der Waals surface area (Å²) in [6.45, 7) is 0.729. The molecule has 0 aliphatic heterocycles. The Balaban J connectivity index is 2.13. The first-order valence-corrected chi connectivity index (χ1v) is 5.21. The van der Waals surface area contributed by atoms with E-state index < -0.39 is 6.09 Å². The Bertz CT molecular complexity index is 324. The fraction of sp³-hybridized carbons (Fsp3) is 0.333. The van der Waals surface area contributed by atoms with Gasteiger partial charge in [-0.15, -0.1) is 0 Å². The zero-order valence-corrected chi connectivity index (χ0v) is 9.02. The van der Waals surface area contributed by atoms with Crippen LogP contribution in [0.4, 0.5) is 4.79 Å². The molecule has 1 amide bonds. The predicted octanol–water partition coefficient (Wildman–Crippen LogP) is 1.89. The molecule has 0 fully saturated rings. The molecule has 0 aromatic heterocycles. The highest BCUT2D eigenvalue weighted by atomic mass is 16.5. The largest absolute Gasteiger partial charge is 0.445 e. The smallest absolute Gasteiger partial charge is 0.407 e. The van der Waals surface area contributed by atoms with Gasteiger partial charge in [0.1, 0.15) is 12.9 Å². The van der Waals surface area contributed by atoms with Crippen LogP contribution >= 0.6 is 0 Å². The van der Waals surface area contributed by atoms with Gasteiger partial charge in [-0.25, -0.2) is 4.79 Å². The van der Waals surface area contributed by atoms with Crippen molar-refractivity contribution >= 4 is 12.4 Å². The summed E-state index contributed by atoms with van der Waals surface area (Å²) in [7, 11) is 0. The van der Waals surface area contributed by atoms with E-state index in [1.54, 1.807) is 0 Å². The van der Waals surface area contributed by atoms with E-state index in [9.17, 15) is 9.59 Å². The van der Waals surface area contributed by atoms with E-state index in [-0.39, 0.29) is 6.61 Å². The van der Waals surface area contributed by atoms with Crippen LogP contribution < -0.4 is 5.32 Å². The molecule has 86 valence electrons. The predicted molar refractivity (Wildman–Crippen MR) is 59.9 cm³/mol. The average Bonchev–Trinajstić information content (AvgIpc) is 2.33. The maximum absolute atomic E-state index is 11.2. The fourth-order valence-electron chi connectivity index (χ4n) is 1.15. The fourth-order valence-corrected chi connectivity index (χ4v) is 1.15. The second-order valence-corrected chi connectivity index (χ2v) is 3.30. The van der Waals surface area contributed by atoms with Crippen molar-refractivity contribution < 1.29 is 14.3 Å². The van der Waals surface area contributed by atoms with Crippen molar-refractivity contribution in [2.45, 2.75) is 19.4 Å². The van der Waals surface area contributed by atoms with E-state index in [1.165, 1.54) is 0 Å². The molecule has 1 aromatic rings. The molecule has 0 heterocycles. The van der Waals surface area contributed by atoms with Gasteiger partial charge in [-0.1, -0.05) is 30.3 Å². The lowest BCUT2D eigenvalue weighted by Gasteiger charge is -2.05. The van der Waals surface area contributed by atoms with Crippen LogP contribution in [0.25, 0.3) is 0 Å². The summed E-state index contributed by atoms with van der Waals surface area (Å²) in [5.41, 5.74) is 0.950. The van der Waals surface area contributed by atoms with Gasteiger partial charge in [0, 0.05) is 13.0 Å². The molecular formula is C12H15NO3. The van der Waals surface area contributed by atoms with Gasteiger partial charge in [-0.05, 0) is 12.0 Å². The summed E-state index contributed by atoms with van der Waals surface area (Å²) in [6.07, 6.45) is 1.48. The molecule has 0 spiro atoms. The highest BCUT2D eigenvalue weighted by molar-refractivity contribution is 5.67. The summed E-state index contributed by atoms with van der Waals surface area (Å²) in [5.74, 6) is 0. The molecule has 4 heteroatoms. The van der Waals surface area contributed by atoms with E-state index in [4.69, 9.17) is 4.74 Å². The van der Waals surface area contributed by atoms with Gasteiger partial charge in [0.05, 0.1) is 0 Å². The highest BCUT2D eigenvalue weighted by Crippen LogP contribution is 2.00. The standard InChI is InChI=1S/C12H15NO3/c14-9-5-4-8-13-12(15)16-10-11-6-2-1-3-7-11/h1-3,6-7,9H,4-5,8,10H2,(H,13,15). The molecule has 4 nitrogen and oxygen atoms in total. The Morgan fingerprint density at radius 3 is 2.75 bits per heavy atom. The van der Waals surface area contributed by atoms with Crippen molar-refractivity contribution in [3.8, 4) is 0 Å². The lowest BCUT2D eigenvalue weighted by molar-refractivity contribution is -0.107. The van der Waals surface area contributed by atoms with E-state index in [1.807, 2.05) is 30.3 Å². The summed E-state index contributed by atoms with van der Waals surface area (Å²) >= 11 is 0. The summed E-state index contributed by atoms with van der Waals surface area (Å²) < 4.78 is 4.97. The molecule has 0 atom stereocenters. The topological polar surface area (TPSA) is 55.4 Å². The number of amides is 1. The number of ether oxygens (including phenoxy) is 1. The molecule has 0 saturated carbocycles. The zero-order valence-electron chi connectivity index (χ0n) is 9.02. The van der Waals surface area contributed by atoms with Crippen LogP contribution in [0, 0.1) is 0 Å². The lowest BCUT2D eigenvalue weighted by atomic mass is 10.2. The molecule has 0 aliphatic rings. The van der Waals surface area contributed by atoms with E-state index in [0.29, 0.717) is 19.4 Å². The van der Waals surface area contributed by atoms with Gasteiger partial charge in [-0.2, -0.15) is 0 Å². The van der Waals surface area contributed by atoms with Crippen LogP contribution in [-0.4, -0.2) is 18.9 Å². The molecule has 1 aromatic carbocycles. The first-order valence-electron chi connectivity index (χ1n) is 5.21. The molecule has 0 saturated heterocycles. The molecular weight excluding hydrogens is 206 g/mol. The van der Waals surface area contributed by atoms with Crippen molar-refractivity contribution in [1.29, 1.82) is 0 Å². The summed E-state index contributed by atoms with van der Waals surface area (Å²) in [5, 5.41) is 2.57. The third-order valence-corrected chi connectivity index (χ3v) is 1.98. The molecule has 0 bridgehead atoms. The van der Waals surface area contributed by atoms with Crippen LogP contribution in [-0.2, 0) is 16.1 Å². The second-order valence-electron chi connectivity index (χ2n) is 3.30. The number of rotatable bonds is 6. The van der Waals surface area contributed by atoms with Gasteiger partial charge in [0.2, 0.25) is 0 Å². The normalized spacial score (nSPS) is 9.50. The van der Waals surface area contributed by atoms with Crippen molar-refractivity contribution in [3.63, 3.8) is 0 Å². The maximum Gasteiger partial charge on any atom is 0.407 e. The minimum Gasteiger partial charge on any atom is -0.445 e. The van der Waals surface area contributed by atoms with Crippen LogP contribution in [0.15, 0.2) is 30.3 Å². The molecule has 1 rings (SSSR count). The van der Waals surface area contributed by atoms with Crippen molar-refractivity contribution in [2.75, 3.05) is 6.54 Å². The quantitative estimate of drug-likeness (QED) is 0.589. The van der Waals surface area contributed by atoms with E-state index >= 15 is 0 Å². The molecule has 0 radical (unpaired) electrons. The van der Waals surface area contributed by atoms with Gasteiger partial charge < -0.3 is 14.8 Å². The molecule has 1 N–H and O–H groups in total. The average molecular weight is 221 g/mol. The highest BCUT2D eigenvalue weighted by Gasteiger charge is 2.00. The number of benzene rings is 1. The second kappa shape index (κ2) is 7.45. The number of hydrogen-bond donors (Lipinski definition) is 1. The third kappa shape index (κ3) is 5.14. The Morgan fingerprint density at radius 1 is 1.31 bits per heavy atom. The van der Waals surface area contributed by atoms with Crippen LogP contribution in [0.2, 0.25) is 0 Å². The molecule has 16 heavy (non-hydrogen) atoms. The van der Waals surface area contributed by atoms with E-state index in [2.05, 4.69) is 5.32 Å². The monoisotopic (exact) mass is 221 g/mol. The maximum atomic E-state index is 11.2. The van der Waals surface area contributed by atoms with Gasteiger partial charge in [0.25, 0.3) is 0 Å². The number of carbonyl (C=O) groups excluding carboxylic acids is 2. The number of nitrogens with one attached hydrogen (secondary N) is 1. The SMILES string of the molecule is O=CCCCNC(=O)OCc1ccccc1. The molecule has 0 aliphatic carbocycles. The zero-order chi connectivity index (χ0) is 11.6. The number of hydrogen-bond acceptors (Lipinski definition) is 3. The van der Waals surface area contributed by atoms with Crippen LogP contribution in [0.3, 0.4) is 0 Å². The molecule has 0 unspecified atom stereocenters. The first-order chi connectivity index (χ1) is 7.83. The number of alkyl carbamates (subject to hydrolysis) is 1. The first kappa shape index (κ1) is 12.2. The minimum absolute atomic E-state index is 0.264. The lowest BCUT2D eigenvalue weighted by Crippen LogP contribution is -2.25. The van der Waals surface area contributed by atoms with E-state index in [0.717, 1.165) is 11.8 Å². The van der Waals surface area contributed by atoms with Gasteiger partial charge in [-0.3, -0.25) is 0 Å². The Hall–Kier alpha value is -1.84. The third-order valence-electron chi connectivity index (χ3n) is 1.98.